The molecule has 1 aliphatic rings. The molecule has 0 bridgehead atoms. The smallest absolute Gasteiger partial charge is 0.237 e. The molecule has 1 N–H and O–H groups in total. The number of rotatable bonds is 2. The van der Waals surface area contributed by atoms with E-state index in [2.05, 4.69) is 0 Å². The summed E-state index contributed by atoms with van der Waals surface area (Å²) in [6.45, 7) is 0.488. The number of hydrogen-bond donors (Lipinski definition) is 2. The van der Waals surface area contributed by atoms with Gasteiger partial charge in [-0.25, -0.2) is 8.42 Å². The molecular weight excluding hydrogens is 156 g/mol. The molecule has 10 heavy (non-hydrogen) atoms. The number of amides is 1. The van der Waals surface area contributed by atoms with Gasteiger partial charge in [0.1, 0.15) is 0 Å². The first kappa shape index (κ1) is 7.49. The average molecular weight is 164 g/mol. The second-order valence-electron chi connectivity index (χ2n) is 2.01. The van der Waals surface area contributed by atoms with Crippen LogP contribution in [0.4, 0.5) is 0 Å². The van der Waals surface area contributed by atoms with Crippen molar-refractivity contribution in [1.29, 1.82) is 0 Å². The third-order valence-electron chi connectivity index (χ3n) is 1.28. The second-order valence-corrected chi connectivity index (χ2v) is 2.72. The third-order valence-corrected chi connectivity index (χ3v) is 1.68. The van der Waals surface area contributed by atoms with Crippen LogP contribution in [0.15, 0.2) is 0 Å². The van der Waals surface area contributed by atoms with E-state index in [1.807, 2.05) is 4.83 Å². The molecule has 0 aliphatic carbocycles. The summed E-state index contributed by atoms with van der Waals surface area (Å²) in [5.41, 5.74) is 0. The molecule has 1 heterocycles. The summed E-state index contributed by atoms with van der Waals surface area (Å²) in [7, 11) is -2.68. The second kappa shape index (κ2) is 2.98. The summed E-state index contributed by atoms with van der Waals surface area (Å²) in [4.78, 5) is 12.7. The van der Waals surface area contributed by atoms with Crippen molar-refractivity contribution in [3.63, 3.8) is 0 Å². The number of hydrogen-bond acceptors (Lipinski definition) is 3. The molecule has 0 aromatic heterocycles. The molecule has 58 valence electrons. The van der Waals surface area contributed by atoms with Crippen LogP contribution in [0.5, 0.6) is 0 Å². The minimum absolute atomic E-state index is 0.154. The van der Waals surface area contributed by atoms with E-state index in [-0.39, 0.29) is 5.91 Å². The average Bonchev–Trinajstić information content (AvgIpc) is 2.15. The van der Waals surface area contributed by atoms with Crippen LogP contribution >= 0.6 is 0 Å². The Bertz CT molecular complexity index is 205. The third kappa shape index (κ3) is 1.68. The van der Waals surface area contributed by atoms with E-state index < -0.39 is 10.9 Å². The van der Waals surface area contributed by atoms with Gasteiger partial charge in [0.2, 0.25) is 16.8 Å². The van der Waals surface area contributed by atoms with Crippen molar-refractivity contribution in [1.82, 2.24) is 9.84 Å². The van der Waals surface area contributed by atoms with Gasteiger partial charge in [-0.15, -0.1) is 4.83 Å². The predicted molar refractivity (Wildman–Crippen MR) is 34.4 cm³/mol. The standard InChI is InChI=1S/C4H8N2O3S/c7-4-2-1-3-6(4)5-10(8)9/h10H,1-3H2,(H,5,8,9). The van der Waals surface area contributed by atoms with Gasteiger partial charge in [0.25, 0.3) is 0 Å². The molecule has 0 spiro atoms. The van der Waals surface area contributed by atoms with Crippen molar-refractivity contribution < 1.29 is 13.2 Å². The number of thiol groups is 1. The van der Waals surface area contributed by atoms with Gasteiger partial charge in [-0.05, 0) is 6.42 Å². The van der Waals surface area contributed by atoms with Crippen molar-refractivity contribution in [2.75, 3.05) is 6.54 Å². The minimum Gasteiger partial charge on any atom is -0.273 e. The number of carbonyl (C=O) groups excluding carboxylic acids is 1. The lowest BCUT2D eigenvalue weighted by Crippen LogP contribution is -2.37. The topological polar surface area (TPSA) is 66.5 Å². The van der Waals surface area contributed by atoms with E-state index in [9.17, 15) is 13.2 Å². The van der Waals surface area contributed by atoms with Gasteiger partial charge in [0.15, 0.2) is 0 Å². The Hall–Kier alpha value is -0.620. The highest BCUT2D eigenvalue weighted by Crippen LogP contribution is 2.05. The molecule has 0 radical (unpaired) electrons. The van der Waals surface area contributed by atoms with Crippen LogP contribution in [-0.2, 0) is 15.7 Å². The zero-order valence-electron chi connectivity index (χ0n) is 5.24. The van der Waals surface area contributed by atoms with Gasteiger partial charge in [-0.1, -0.05) is 0 Å². The molecule has 5 nitrogen and oxygen atoms in total. The Morgan fingerprint density at radius 3 is 2.60 bits per heavy atom. The van der Waals surface area contributed by atoms with Gasteiger partial charge in [-0.2, -0.15) is 0 Å². The van der Waals surface area contributed by atoms with E-state index in [1.54, 1.807) is 0 Å². The molecule has 0 unspecified atom stereocenters. The summed E-state index contributed by atoms with van der Waals surface area (Å²) in [6, 6.07) is 0. The maximum Gasteiger partial charge on any atom is 0.237 e. The molecule has 6 heteroatoms. The minimum atomic E-state index is -2.68. The summed E-state index contributed by atoms with van der Waals surface area (Å²) in [5.74, 6) is -0.154. The number of nitrogens with zero attached hydrogens (tertiary/aromatic N) is 1. The first-order valence-corrected chi connectivity index (χ1v) is 4.09. The lowest BCUT2D eigenvalue weighted by Gasteiger charge is -2.10. The van der Waals surface area contributed by atoms with Gasteiger partial charge >= 0.3 is 0 Å². The molecule has 0 saturated carbocycles. The Morgan fingerprint density at radius 1 is 1.50 bits per heavy atom. The molecule has 1 aliphatic heterocycles. The van der Waals surface area contributed by atoms with Crippen LogP contribution in [-0.4, -0.2) is 25.9 Å². The van der Waals surface area contributed by atoms with Crippen LogP contribution in [0, 0.1) is 0 Å². The maximum atomic E-state index is 10.7. The van der Waals surface area contributed by atoms with Crippen molar-refractivity contribution in [3.8, 4) is 0 Å². The normalized spacial score (nSPS) is 18.9. The zero-order chi connectivity index (χ0) is 7.56. The van der Waals surface area contributed by atoms with Crippen LogP contribution < -0.4 is 4.83 Å². The molecule has 0 aromatic rings. The largest absolute Gasteiger partial charge is 0.273 e. The molecule has 1 rings (SSSR count). The van der Waals surface area contributed by atoms with E-state index in [1.165, 1.54) is 0 Å². The van der Waals surface area contributed by atoms with Gasteiger partial charge in [0, 0.05) is 13.0 Å². The molecule has 1 fully saturated rings. The molecular formula is C4H8N2O3S. The van der Waals surface area contributed by atoms with Crippen LogP contribution in [0.2, 0.25) is 0 Å². The molecule has 1 saturated heterocycles. The van der Waals surface area contributed by atoms with Crippen LogP contribution in [0.3, 0.4) is 0 Å². The zero-order valence-corrected chi connectivity index (χ0v) is 6.13. The Labute approximate surface area is 60.1 Å². The number of nitrogens with one attached hydrogen (secondary N) is 1. The van der Waals surface area contributed by atoms with Crippen LogP contribution in [0.25, 0.3) is 0 Å². The fraction of sp³-hybridized carbons (Fsp3) is 0.750. The summed E-state index contributed by atoms with van der Waals surface area (Å²) < 4.78 is 20.1. The van der Waals surface area contributed by atoms with Crippen molar-refractivity contribution in [3.05, 3.63) is 0 Å². The summed E-state index contributed by atoms with van der Waals surface area (Å²) in [5, 5.41) is 1.12. The van der Waals surface area contributed by atoms with Crippen LogP contribution in [0.1, 0.15) is 12.8 Å². The Kier molecular flexibility index (Phi) is 2.23. The van der Waals surface area contributed by atoms with E-state index in [4.69, 9.17) is 0 Å². The van der Waals surface area contributed by atoms with Crippen molar-refractivity contribution in [2.45, 2.75) is 12.8 Å². The fourth-order valence-corrected chi connectivity index (χ4v) is 1.26. The first-order chi connectivity index (χ1) is 4.70. The monoisotopic (exact) mass is 164 g/mol. The SMILES string of the molecule is O=C1CCCN1N[SH](=O)=O. The highest BCUT2D eigenvalue weighted by atomic mass is 32.2. The number of hydrazine groups is 1. The highest BCUT2D eigenvalue weighted by molar-refractivity contribution is 7.70. The quantitative estimate of drug-likeness (QED) is 0.495. The van der Waals surface area contributed by atoms with E-state index in [0.717, 1.165) is 11.4 Å². The Balaban J connectivity index is 2.48. The lowest BCUT2D eigenvalue weighted by atomic mass is 10.4. The molecule has 0 aromatic carbocycles. The van der Waals surface area contributed by atoms with Gasteiger partial charge < -0.3 is 0 Å². The molecule has 1 amide bonds. The summed E-state index contributed by atoms with van der Waals surface area (Å²) in [6.07, 6.45) is 1.17. The van der Waals surface area contributed by atoms with E-state index >= 15 is 0 Å². The van der Waals surface area contributed by atoms with E-state index in [0.29, 0.717) is 13.0 Å². The highest BCUT2D eigenvalue weighted by Gasteiger charge is 2.19. The number of carbonyl (C=O) groups is 1. The van der Waals surface area contributed by atoms with Gasteiger partial charge in [-0.3, -0.25) is 9.80 Å². The summed E-state index contributed by atoms with van der Waals surface area (Å²) >= 11 is 0. The molecule has 0 atom stereocenters. The van der Waals surface area contributed by atoms with Crippen molar-refractivity contribution in [2.24, 2.45) is 0 Å². The fourth-order valence-electron chi connectivity index (χ4n) is 0.852. The lowest BCUT2D eigenvalue weighted by molar-refractivity contribution is -0.128. The van der Waals surface area contributed by atoms with Crippen molar-refractivity contribution >= 4 is 16.8 Å². The Morgan fingerprint density at radius 2 is 2.20 bits per heavy atom. The maximum absolute atomic E-state index is 10.7. The van der Waals surface area contributed by atoms with Gasteiger partial charge in [0.05, 0.1) is 0 Å². The first-order valence-electron chi connectivity index (χ1n) is 2.91. The predicted octanol–water partition coefficient (Wildman–Crippen LogP) is -1.36.